The van der Waals surface area contributed by atoms with Crippen LogP contribution in [0.3, 0.4) is 0 Å². The van der Waals surface area contributed by atoms with E-state index in [1.165, 1.54) is 24.1 Å². The number of rotatable bonds is 5. The topological polar surface area (TPSA) is 29.3 Å². The summed E-state index contributed by atoms with van der Waals surface area (Å²) in [5, 5.41) is 0. The maximum atomic E-state index is 6.43. The molecule has 0 saturated heterocycles. The number of benzene rings is 1. The number of likely N-dealkylation sites (N-methyl/N-ethyl adjacent to an activating group) is 1. The molecule has 2 heteroatoms. The maximum absolute atomic E-state index is 6.43. The van der Waals surface area contributed by atoms with Gasteiger partial charge in [0.25, 0.3) is 0 Å². The summed E-state index contributed by atoms with van der Waals surface area (Å²) in [4.78, 5) is 2.39. The normalized spacial score (nSPS) is 18.8. The molecule has 0 bridgehead atoms. The van der Waals surface area contributed by atoms with Gasteiger partial charge in [-0.2, -0.15) is 0 Å². The highest BCUT2D eigenvalue weighted by molar-refractivity contribution is 5.48. The minimum absolute atomic E-state index is 0.0419. The minimum Gasteiger partial charge on any atom is -0.370 e. The molecule has 0 amide bonds. The Morgan fingerprint density at radius 2 is 2.12 bits per heavy atom. The molecule has 94 valence electrons. The monoisotopic (exact) mass is 232 g/mol. The van der Waals surface area contributed by atoms with Crippen molar-refractivity contribution in [2.45, 2.75) is 39.2 Å². The first-order valence-electron chi connectivity index (χ1n) is 6.63. The fourth-order valence-electron chi connectivity index (χ4n) is 2.49. The van der Waals surface area contributed by atoms with E-state index in [1.54, 1.807) is 0 Å². The molecule has 1 unspecified atom stereocenters. The SMILES string of the molecule is CCN(CC(C)(N)C1CC1)c1cccc(C)c1. The van der Waals surface area contributed by atoms with Crippen LogP contribution in [-0.4, -0.2) is 18.6 Å². The zero-order valence-corrected chi connectivity index (χ0v) is 11.2. The standard InChI is InChI=1S/C15H24N2/c1-4-17(11-15(3,16)13-8-9-13)14-7-5-6-12(2)10-14/h5-7,10,13H,4,8-9,11,16H2,1-3H3. The molecule has 1 aromatic rings. The summed E-state index contributed by atoms with van der Waals surface area (Å²) in [5.74, 6) is 0.723. The second-order valence-corrected chi connectivity index (χ2v) is 5.63. The first kappa shape index (κ1) is 12.4. The second kappa shape index (κ2) is 4.69. The Balaban J connectivity index is 2.10. The summed E-state index contributed by atoms with van der Waals surface area (Å²) >= 11 is 0. The summed E-state index contributed by atoms with van der Waals surface area (Å²) in [6, 6.07) is 8.68. The van der Waals surface area contributed by atoms with Gasteiger partial charge in [0.1, 0.15) is 0 Å². The second-order valence-electron chi connectivity index (χ2n) is 5.63. The summed E-state index contributed by atoms with van der Waals surface area (Å²) in [6.45, 7) is 8.51. The largest absolute Gasteiger partial charge is 0.370 e. The van der Waals surface area contributed by atoms with Gasteiger partial charge in [0, 0.05) is 24.3 Å². The van der Waals surface area contributed by atoms with Crippen molar-refractivity contribution in [3.8, 4) is 0 Å². The van der Waals surface area contributed by atoms with Crippen molar-refractivity contribution in [3.05, 3.63) is 29.8 Å². The van der Waals surface area contributed by atoms with E-state index in [2.05, 4.69) is 49.9 Å². The highest BCUT2D eigenvalue weighted by atomic mass is 15.1. The quantitative estimate of drug-likeness (QED) is 0.845. The minimum atomic E-state index is -0.0419. The summed E-state index contributed by atoms with van der Waals surface area (Å²) in [5.41, 5.74) is 9.00. The predicted molar refractivity (Wildman–Crippen MR) is 74.4 cm³/mol. The number of hydrogen-bond donors (Lipinski definition) is 1. The lowest BCUT2D eigenvalue weighted by Crippen LogP contribution is -2.49. The van der Waals surface area contributed by atoms with Gasteiger partial charge in [-0.15, -0.1) is 0 Å². The molecule has 0 heterocycles. The van der Waals surface area contributed by atoms with Crippen LogP contribution in [0, 0.1) is 12.8 Å². The van der Waals surface area contributed by atoms with Crippen molar-refractivity contribution in [1.29, 1.82) is 0 Å². The van der Waals surface area contributed by atoms with Crippen molar-refractivity contribution in [1.82, 2.24) is 0 Å². The van der Waals surface area contributed by atoms with Crippen LogP contribution in [0.25, 0.3) is 0 Å². The smallest absolute Gasteiger partial charge is 0.0369 e. The summed E-state index contributed by atoms with van der Waals surface area (Å²) < 4.78 is 0. The molecule has 0 aromatic heterocycles. The van der Waals surface area contributed by atoms with E-state index in [-0.39, 0.29) is 5.54 Å². The summed E-state index contributed by atoms with van der Waals surface area (Å²) in [6.07, 6.45) is 2.61. The van der Waals surface area contributed by atoms with Gasteiger partial charge in [-0.05, 0) is 57.2 Å². The number of hydrogen-bond acceptors (Lipinski definition) is 2. The lowest BCUT2D eigenvalue weighted by Gasteiger charge is -2.33. The van der Waals surface area contributed by atoms with Crippen molar-refractivity contribution in [2.75, 3.05) is 18.0 Å². The fourth-order valence-corrected chi connectivity index (χ4v) is 2.49. The van der Waals surface area contributed by atoms with E-state index in [0.29, 0.717) is 0 Å². The molecule has 1 fully saturated rings. The number of nitrogens with two attached hydrogens (primary N) is 1. The van der Waals surface area contributed by atoms with Crippen LogP contribution in [0.4, 0.5) is 5.69 Å². The highest BCUT2D eigenvalue weighted by Crippen LogP contribution is 2.38. The van der Waals surface area contributed by atoms with Gasteiger partial charge in [0.2, 0.25) is 0 Å². The van der Waals surface area contributed by atoms with E-state index < -0.39 is 0 Å². The van der Waals surface area contributed by atoms with Crippen molar-refractivity contribution >= 4 is 5.69 Å². The third-order valence-electron chi connectivity index (χ3n) is 3.79. The van der Waals surface area contributed by atoms with Crippen molar-refractivity contribution in [2.24, 2.45) is 11.7 Å². The lowest BCUT2D eigenvalue weighted by atomic mass is 9.96. The van der Waals surface area contributed by atoms with Crippen LogP contribution in [0.15, 0.2) is 24.3 Å². The molecule has 1 atom stereocenters. The molecule has 17 heavy (non-hydrogen) atoms. The van der Waals surface area contributed by atoms with Gasteiger partial charge in [-0.3, -0.25) is 0 Å². The Labute approximate surface area is 105 Å². The average Bonchev–Trinajstić information content (AvgIpc) is 3.10. The highest BCUT2D eigenvalue weighted by Gasteiger charge is 2.39. The van der Waals surface area contributed by atoms with Crippen LogP contribution < -0.4 is 10.6 Å². The molecule has 0 spiro atoms. The van der Waals surface area contributed by atoms with Gasteiger partial charge in [-0.1, -0.05) is 12.1 Å². The van der Waals surface area contributed by atoms with E-state index in [0.717, 1.165) is 19.0 Å². The fraction of sp³-hybridized carbons (Fsp3) is 0.600. The van der Waals surface area contributed by atoms with Gasteiger partial charge in [0.15, 0.2) is 0 Å². The zero-order valence-electron chi connectivity index (χ0n) is 11.2. The molecular weight excluding hydrogens is 208 g/mol. The number of anilines is 1. The van der Waals surface area contributed by atoms with Crippen LogP contribution in [0.2, 0.25) is 0 Å². The Morgan fingerprint density at radius 3 is 2.65 bits per heavy atom. The van der Waals surface area contributed by atoms with Crippen LogP contribution in [0.1, 0.15) is 32.3 Å². The molecular formula is C15H24N2. The van der Waals surface area contributed by atoms with E-state index in [9.17, 15) is 0 Å². The van der Waals surface area contributed by atoms with E-state index >= 15 is 0 Å². The van der Waals surface area contributed by atoms with Crippen molar-refractivity contribution < 1.29 is 0 Å². The van der Waals surface area contributed by atoms with Gasteiger partial charge in [0.05, 0.1) is 0 Å². The van der Waals surface area contributed by atoms with Gasteiger partial charge >= 0.3 is 0 Å². The first-order valence-corrected chi connectivity index (χ1v) is 6.63. The molecule has 1 aromatic carbocycles. The molecule has 2 nitrogen and oxygen atoms in total. The Morgan fingerprint density at radius 1 is 1.41 bits per heavy atom. The van der Waals surface area contributed by atoms with Crippen LogP contribution in [0.5, 0.6) is 0 Å². The number of aryl methyl sites for hydroxylation is 1. The zero-order chi connectivity index (χ0) is 12.5. The molecule has 0 radical (unpaired) electrons. The number of nitrogens with zero attached hydrogens (tertiary/aromatic N) is 1. The molecule has 1 saturated carbocycles. The van der Waals surface area contributed by atoms with Crippen molar-refractivity contribution in [3.63, 3.8) is 0 Å². The maximum Gasteiger partial charge on any atom is 0.0369 e. The molecule has 0 aliphatic heterocycles. The average molecular weight is 232 g/mol. The van der Waals surface area contributed by atoms with Crippen LogP contribution >= 0.6 is 0 Å². The molecule has 2 N–H and O–H groups in total. The lowest BCUT2D eigenvalue weighted by molar-refractivity contribution is 0.407. The first-order chi connectivity index (χ1) is 8.03. The third-order valence-corrected chi connectivity index (χ3v) is 3.79. The van der Waals surface area contributed by atoms with E-state index in [1.807, 2.05) is 0 Å². The molecule has 2 rings (SSSR count). The van der Waals surface area contributed by atoms with E-state index in [4.69, 9.17) is 5.73 Å². The Kier molecular flexibility index (Phi) is 3.43. The molecule has 1 aliphatic rings. The van der Waals surface area contributed by atoms with Crippen LogP contribution in [-0.2, 0) is 0 Å². The Hall–Kier alpha value is -1.02. The summed E-state index contributed by atoms with van der Waals surface area (Å²) in [7, 11) is 0. The van der Waals surface area contributed by atoms with Gasteiger partial charge < -0.3 is 10.6 Å². The Bertz CT molecular complexity index is 380. The molecule has 1 aliphatic carbocycles. The third kappa shape index (κ3) is 3.01. The predicted octanol–water partition coefficient (Wildman–Crippen LogP) is 2.95. The van der Waals surface area contributed by atoms with Gasteiger partial charge in [-0.25, -0.2) is 0 Å².